The van der Waals surface area contributed by atoms with Gasteiger partial charge in [0.05, 0.1) is 0 Å². The van der Waals surface area contributed by atoms with Crippen molar-refractivity contribution in [2.45, 2.75) is 25.2 Å². The van der Waals surface area contributed by atoms with Crippen LogP contribution in [0.1, 0.15) is 23.7 Å². The van der Waals surface area contributed by atoms with Gasteiger partial charge in [-0.2, -0.15) is 5.26 Å². The van der Waals surface area contributed by atoms with Crippen LogP contribution in [0.25, 0.3) is 11.1 Å². The van der Waals surface area contributed by atoms with Crippen molar-refractivity contribution < 1.29 is 0 Å². The zero-order chi connectivity index (χ0) is 14.7. The van der Waals surface area contributed by atoms with Crippen LogP contribution < -0.4 is 5.73 Å². The monoisotopic (exact) mass is 283 g/mol. The third kappa shape index (κ3) is 2.50. The van der Waals surface area contributed by atoms with Crippen LogP contribution in [0.4, 0.5) is 5.82 Å². The largest absolute Gasteiger partial charge is 0.383 e. The molecule has 0 spiro atoms. The first-order chi connectivity index (χ1) is 9.62. The molecule has 1 heterocycles. The summed E-state index contributed by atoms with van der Waals surface area (Å²) in [6, 6.07) is 10.4. The molecule has 0 bridgehead atoms. The Balaban J connectivity index is 2.70. The average Bonchev–Trinajstić information content (AvgIpc) is 2.48. The van der Waals surface area contributed by atoms with Crippen LogP contribution in [0.2, 0.25) is 0 Å². The summed E-state index contributed by atoms with van der Waals surface area (Å²) in [4.78, 5) is 5.53. The minimum atomic E-state index is 0.318. The zero-order valence-electron chi connectivity index (χ0n) is 11.9. The topological polar surface area (TPSA) is 62.7 Å². The van der Waals surface area contributed by atoms with E-state index in [4.69, 9.17) is 5.73 Å². The van der Waals surface area contributed by atoms with Crippen LogP contribution in [0, 0.1) is 18.3 Å². The summed E-state index contributed by atoms with van der Waals surface area (Å²) in [5, 5.41) is 9.38. The lowest BCUT2D eigenvalue weighted by Crippen LogP contribution is -2.04. The van der Waals surface area contributed by atoms with Gasteiger partial charge >= 0.3 is 0 Å². The van der Waals surface area contributed by atoms with Gasteiger partial charge in [0, 0.05) is 16.2 Å². The second-order valence-corrected chi connectivity index (χ2v) is 5.39. The van der Waals surface area contributed by atoms with Gasteiger partial charge in [0.2, 0.25) is 0 Å². The van der Waals surface area contributed by atoms with Crippen molar-refractivity contribution in [3.8, 4) is 17.2 Å². The summed E-state index contributed by atoms with van der Waals surface area (Å²) in [5.74, 6) is 0.318. The zero-order valence-corrected chi connectivity index (χ0v) is 12.7. The molecule has 2 N–H and O–H groups in total. The molecule has 20 heavy (non-hydrogen) atoms. The van der Waals surface area contributed by atoms with Crippen molar-refractivity contribution in [1.82, 2.24) is 4.98 Å². The Kier molecular flexibility index (Phi) is 4.31. The summed E-state index contributed by atoms with van der Waals surface area (Å²) in [7, 11) is 0. The highest BCUT2D eigenvalue weighted by atomic mass is 32.2. The van der Waals surface area contributed by atoms with Gasteiger partial charge in [-0.15, -0.1) is 11.8 Å². The third-order valence-corrected chi connectivity index (χ3v) is 4.14. The second-order valence-electron chi connectivity index (χ2n) is 4.51. The molecule has 1 aromatic carbocycles. The van der Waals surface area contributed by atoms with Crippen LogP contribution in [0.15, 0.2) is 29.2 Å². The Hall–Kier alpha value is -1.99. The standard InChI is InChI=1S/C16H17N3S/c1-4-14-10(2)15(13(9-17)16(18)19-14)11-5-7-12(20-3)8-6-11/h5-8H,4H2,1-3H3,(H2,18,19). The number of anilines is 1. The van der Waals surface area contributed by atoms with Crippen LogP contribution in [0.3, 0.4) is 0 Å². The molecule has 3 nitrogen and oxygen atoms in total. The number of pyridine rings is 1. The summed E-state index contributed by atoms with van der Waals surface area (Å²) in [5.41, 5.74) is 10.3. The maximum Gasteiger partial charge on any atom is 0.142 e. The fraction of sp³-hybridized carbons (Fsp3) is 0.250. The number of aryl methyl sites for hydroxylation is 1. The molecule has 0 amide bonds. The Morgan fingerprint density at radius 1 is 1.30 bits per heavy atom. The molecule has 0 aliphatic rings. The molecule has 102 valence electrons. The number of nitrogens with two attached hydrogens (primary N) is 1. The van der Waals surface area contributed by atoms with Crippen LogP contribution in [-0.2, 0) is 6.42 Å². The van der Waals surface area contributed by atoms with E-state index in [0.717, 1.165) is 28.8 Å². The first kappa shape index (κ1) is 14.4. The summed E-state index contributed by atoms with van der Waals surface area (Å²) < 4.78 is 0. The van der Waals surface area contributed by atoms with Crippen LogP contribution in [0.5, 0.6) is 0 Å². The molecule has 0 fully saturated rings. The molecule has 0 aliphatic heterocycles. The Labute approximate surface area is 123 Å². The van der Waals surface area contributed by atoms with Crippen molar-refractivity contribution >= 4 is 17.6 Å². The molecular weight excluding hydrogens is 266 g/mol. The number of nitrogens with zero attached hydrogens (tertiary/aromatic N) is 2. The number of hydrogen-bond acceptors (Lipinski definition) is 4. The van der Waals surface area contributed by atoms with Gasteiger partial charge in [0.15, 0.2) is 0 Å². The molecule has 0 unspecified atom stereocenters. The lowest BCUT2D eigenvalue weighted by molar-refractivity contribution is 1.01. The fourth-order valence-corrected chi connectivity index (χ4v) is 2.73. The predicted molar refractivity (Wildman–Crippen MR) is 84.7 cm³/mol. The minimum Gasteiger partial charge on any atom is -0.383 e. The number of nitriles is 1. The van der Waals surface area contributed by atoms with E-state index >= 15 is 0 Å². The number of nitrogen functional groups attached to an aromatic ring is 1. The molecule has 1 aromatic heterocycles. The maximum absolute atomic E-state index is 9.38. The number of thioether (sulfide) groups is 1. The van der Waals surface area contributed by atoms with E-state index in [2.05, 4.69) is 23.2 Å². The summed E-state index contributed by atoms with van der Waals surface area (Å²) in [6.45, 7) is 4.05. The van der Waals surface area contributed by atoms with E-state index in [0.29, 0.717) is 11.4 Å². The van der Waals surface area contributed by atoms with Crippen molar-refractivity contribution in [3.05, 3.63) is 41.1 Å². The van der Waals surface area contributed by atoms with Gasteiger partial charge < -0.3 is 5.73 Å². The molecule has 0 aliphatic carbocycles. The van der Waals surface area contributed by atoms with Crippen LogP contribution >= 0.6 is 11.8 Å². The first-order valence-electron chi connectivity index (χ1n) is 6.45. The third-order valence-electron chi connectivity index (χ3n) is 3.39. The quantitative estimate of drug-likeness (QED) is 0.870. The van der Waals surface area contributed by atoms with E-state index < -0.39 is 0 Å². The lowest BCUT2D eigenvalue weighted by Gasteiger charge is -2.14. The normalized spacial score (nSPS) is 10.3. The SMILES string of the molecule is CCc1nc(N)c(C#N)c(-c2ccc(SC)cc2)c1C. The first-order valence-corrected chi connectivity index (χ1v) is 7.68. The molecular formula is C16H17N3S. The summed E-state index contributed by atoms with van der Waals surface area (Å²) in [6.07, 6.45) is 2.85. The molecule has 0 radical (unpaired) electrons. The van der Waals surface area contributed by atoms with E-state index in [1.807, 2.05) is 32.2 Å². The van der Waals surface area contributed by atoms with E-state index in [9.17, 15) is 5.26 Å². The minimum absolute atomic E-state index is 0.318. The summed E-state index contributed by atoms with van der Waals surface area (Å²) >= 11 is 1.70. The van der Waals surface area contributed by atoms with Gasteiger partial charge in [-0.25, -0.2) is 4.98 Å². The van der Waals surface area contributed by atoms with Crippen molar-refractivity contribution in [2.75, 3.05) is 12.0 Å². The van der Waals surface area contributed by atoms with E-state index in [1.54, 1.807) is 11.8 Å². The van der Waals surface area contributed by atoms with Gasteiger partial charge in [0.25, 0.3) is 0 Å². The molecule has 0 saturated heterocycles. The molecule has 4 heteroatoms. The van der Waals surface area contributed by atoms with Crippen LogP contribution in [-0.4, -0.2) is 11.2 Å². The highest BCUT2D eigenvalue weighted by molar-refractivity contribution is 7.98. The number of rotatable bonds is 3. The van der Waals surface area contributed by atoms with Crippen molar-refractivity contribution in [1.29, 1.82) is 5.26 Å². The van der Waals surface area contributed by atoms with E-state index in [-0.39, 0.29) is 0 Å². The average molecular weight is 283 g/mol. The van der Waals surface area contributed by atoms with Gasteiger partial charge in [-0.05, 0) is 42.9 Å². The highest BCUT2D eigenvalue weighted by Crippen LogP contribution is 2.32. The number of aromatic nitrogens is 1. The van der Waals surface area contributed by atoms with Crippen molar-refractivity contribution in [2.24, 2.45) is 0 Å². The highest BCUT2D eigenvalue weighted by Gasteiger charge is 2.16. The fourth-order valence-electron chi connectivity index (χ4n) is 2.32. The molecule has 0 saturated carbocycles. The Morgan fingerprint density at radius 2 is 1.95 bits per heavy atom. The lowest BCUT2D eigenvalue weighted by atomic mass is 9.94. The van der Waals surface area contributed by atoms with Gasteiger partial charge in [-0.3, -0.25) is 0 Å². The van der Waals surface area contributed by atoms with Crippen molar-refractivity contribution in [3.63, 3.8) is 0 Å². The Bertz CT molecular complexity index is 669. The van der Waals surface area contributed by atoms with Gasteiger partial charge in [0.1, 0.15) is 17.5 Å². The maximum atomic E-state index is 9.38. The number of benzene rings is 1. The predicted octanol–water partition coefficient (Wildman–Crippen LogP) is 3.80. The van der Waals surface area contributed by atoms with E-state index in [1.165, 1.54) is 4.90 Å². The smallest absolute Gasteiger partial charge is 0.142 e. The van der Waals surface area contributed by atoms with Gasteiger partial charge in [-0.1, -0.05) is 19.1 Å². The molecule has 2 aromatic rings. The second kappa shape index (κ2) is 5.98. The number of hydrogen-bond donors (Lipinski definition) is 1. The molecule has 0 atom stereocenters. The molecule has 2 rings (SSSR count). The Morgan fingerprint density at radius 3 is 2.45 bits per heavy atom.